The number of hydrogen-bond donors (Lipinski definition) is 1. The zero-order valence-corrected chi connectivity index (χ0v) is 19.6. The number of methoxy groups -OCH3 is 1. The van der Waals surface area contributed by atoms with Gasteiger partial charge in [0.2, 0.25) is 0 Å². The van der Waals surface area contributed by atoms with E-state index in [1.165, 1.54) is 24.0 Å². The van der Waals surface area contributed by atoms with E-state index in [1.807, 2.05) is 12.3 Å². The number of aryl methyl sites for hydroxylation is 2. The second-order valence-corrected chi connectivity index (χ2v) is 8.95. The van der Waals surface area contributed by atoms with Crippen LogP contribution in [0.5, 0.6) is 5.75 Å². The van der Waals surface area contributed by atoms with Crippen LogP contribution in [0.25, 0.3) is 11.1 Å². The van der Waals surface area contributed by atoms with Gasteiger partial charge in [0, 0.05) is 23.5 Å². The van der Waals surface area contributed by atoms with Gasteiger partial charge in [-0.15, -0.1) is 11.3 Å². The van der Waals surface area contributed by atoms with E-state index in [2.05, 4.69) is 45.0 Å². The number of nitrogens with zero attached hydrogens (tertiary/aromatic N) is 1. The molecule has 31 heavy (non-hydrogen) atoms. The minimum absolute atomic E-state index is 0.289. The molecule has 0 bridgehead atoms. The molecule has 0 aliphatic rings. The van der Waals surface area contributed by atoms with E-state index in [-0.39, 0.29) is 6.61 Å². The van der Waals surface area contributed by atoms with Crippen LogP contribution in [0.2, 0.25) is 0 Å². The summed E-state index contributed by atoms with van der Waals surface area (Å²) in [6.45, 7) is 9.14. The molecule has 5 nitrogen and oxygen atoms in total. The summed E-state index contributed by atoms with van der Waals surface area (Å²) in [5, 5.41) is 1.82. The van der Waals surface area contributed by atoms with Gasteiger partial charge in [0.25, 0.3) is 0 Å². The Kier molecular flexibility index (Phi) is 7.46. The fourth-order valence-corrected chi connectivity index (χ4v) is 4.42. The first-order valence-corrected chi connectivity index (χ1v) is 11.3. The number of esters is 1. The second-order valence-electron chi connectivity index (χ2n) is 8.04. The minimum atomic E-state index is -0.395. The summed E-state index contributed by atoms with van der Waals surface area (Å²) in [6, 6.07) is 10.2. The number of hydrogen-bond acceptors (Lipinski definition) is 6. The maximum absolute atomic E-state index is 12.0. The molecule has 0 saturated carbocycles. The highest BCUT2D eigenvalue weighted by atomic mass is 32.1. The van der Waals surface area contributed by atoms with Crippen LogP contribution >= 0.6 is 11.3 Å². The lowest BCUT2D eigenvalue weighted by Crippen LogP contribution is -2.14. The molecule has 2 N–H and O–H groups in total. The molecule has 0 spiro atoms. The van der Waals surface area contributed by atoms with Crippen molar-refractivity contribution in [3.63, 3.8) is 0 Å². The highest BCUT2D eigenvalue weighted by Gasteiger charge is 2.21. The number of nitrogens with two attached hydrogens (primary N) is 1. The van der Waals surface area contributed by atoms with E-state index in [9.17, 15) is 4.79 Å². The van der Waals surface area contributed by atoms with Crippen molar-refractivity contribution in [2.24, 2.45) is 11.7 Å². The Bertz CT molecular complexity index is 1060. The lowest BCUT2D eigenvalue weighted by Gasteiger charge is -2.21. The third-order valence-electron chi connectivity index (χ3n) is 5.21. The van der Waals surface area contributed by atoms with Crippen molar-refractivity contribution < 1.29 is 14.3 Å². The second kappa shape index (κ2) is 10.1. The minimum Gasteiger partial charge on any atom is -0.487 e. The maximum Gasteiger partial charge on any atom is 0.351 e. The summed E-state index contributed by atoms with van der Waals surface area (Å²) in [6.07, 6.45) is 0.865. The van der Waals surface area contributed by atoms with Crippen molar-refractivity contribution in [3.8, 4) is 16.9 Å². The van der Waals surface area contributed by atoms with Gasteiger partial charge in [0.15, 0.2) is 4.88 Å². The van der Waals surface area contributed by atoms with Gasteiger partial charge in [-0.2, -0.15) is 0 Å². The predicted molar refractivity (Wildman–Crippen MR) is 126 cm³/mol. The summed E-state index contributed by atoms with van der Waals surface area (Å²) in [5.74, 6) is 0.596. The third kappa shape index (κ3) is 5.14. The topological polar surface area (TPSA) is 74.4 Å². The molecule has 0 aliphatic heterocycles. The van der Waals surface area contributed by atoms with Gasteiger partial charge < -0.3 is 15.2 Å². The van der Waals surface area contributed by atoms with Gasteiger partial charge in [0.1, 0.15) is 12.4 Å². The molecule has 1 aromatic carbocycles. The van der Waals surface area contributed by atoms with E-state index < -0.39 is 5.97 Å². The van der Waals surface area contributed by atoms with Crippen LogP contribution < -0.4 is 10.5 Å². The fraction of sp³-hybridized carbons (Fsp3) is 0.360. The maximum atomic E-state index is 12.0. The summed E-state index contributed by atoms with van der Waals surface area (Å²) in [5.41, 5.74) is 13.6. The van der Waals surface area contributed by atoms with E-state index in [1.54, 1.807) is 6.07 Å². The fourth-order valence-electron chi connectivity index (χ4n) is 3.67. The van der Waals surface area contributed by atoms with E-state index in [0.717, 1.165) is 40.1 Å². The Balaban J connectivity index is 2.09. The standard InChI is InChI=1S/C25H30N2O3S/c1-15(2)12-21-19(13-26)23(18-8-6-16(3)7-9-18)20(17(4)27-21)14-30-22-10-11-31-24(22)25(28)29-5/h6-11,15H,12-14,26H2,1-5H3. The molecule has 6 heteroatoms. The normalized spacial score (nSPS) is 11.1. The van der Waals surface area contributed by atoms with E-state index >= 15 is 0 Å². The number of thiophene rings is 1. The van der Waals surface area contributed by atoms with E-state index in [0.29, 0.717) is 23.1 Å². The van der Waals surface area contributed by atoms with Crippen molar-refractivity contribution in [1.82, 2.24) is 4.98 Å². The van der Waals surface area contributed by atoms with Gasteiger partial charge in [-0.3, -0.25) is 4.98 Å². The van der Waals surface area contributed by atoms with Crippen LogP contribution in [0.4, 0.5) is 0 Å². The molecular formula is C25H30N2O3S. The molecule has 0 unspecified atom stereocenters. The molecule has 0 aliphatic carbocycles. The first-order valence-electron chi connectivity index (χ1n) is 10.4. The van der Waals surface area contributed by atoms with Crippen LogP contribution in [0.3, 0.4) is 0 Å². The van der Waals surface area contributed by atoms with Crippen molar-refractivity contribution in [2.75, 3.05) is 7.11 Å². The van der Waals surface area contributed by atoms with Crippen LogP contribution in [0.15, 0.2) is 35.7 Å². The summed E-state index contributed by atoms with van der Waals surface area (Å²) < 4.78 is 11.0. The molecule has 0 saturated heterocycles. The van der Waals surface area contributed by atoms with Gasteiger partial charge >= 0.3 is 5.97 Å². The molecule has 0 radical (unpaired) electrons. The highest BCUT2D eigenvalue weighted by molar-refractivity contribution is 7.12. The summed E-state index contributed by atoms with van der Waals surface area (Å²) in [4.78, 5) is 17.4. The monoisotopic (exact) mass is 438 g/mol. The molecule has 0 amide bonds. The number of rotatable bonds is 8. The van der Waals surface area contributed by atoms with Crippen molar-refractivity contribution in [2.45, 2.75) is 47.3 Å². The number of ether oxygens (including phenoxy) is 2. The molecule has 0 atom stereocenters. The Morgan fingerprint density at radius 2 is 1.84 bits per heavy atom. The molecular weight excluding hydrogens is 408 g/mol. The van der Waals surface area contributed by atoms with Gasteiger partial charge in [-0.05, 0) is 54.3 Å². The quantitative estimate of drug-likeness (QED) is 0.473. The summed E-state index contributed by atoms with van der Waals surface area (Å²) in [7, 11) is 1.37. The number of pyridine rings is 1. The number of aromatic nitrogens is 1. The van der Waals surface area contributed by atoms with Gasteiger partial charge in [0.05, 0.1) is 7.11 Å². The largest absolute Gasteiger partial charge is 0.487 e. The average Bonchev–Trinajstić information content (AvgIpc) is 3.21. The number of carbonyl (C=O) groups excluding carboxylic acids is 1. The smallest absolute Gasteiger partial charge is 0.351 e. The molecule has 164 valence electrons. The van der Waals surface area contributed by atoms with Crippen molar-refractivity contribution >= 4 is 17.3 Å². The Morgan fingerprint density at radius 1 is 1.13 bits per heavy atom. The molecule has 2 aromatic heterocycles. The molecule has 3 aromatic rings. The zero-order chi connectivity index (χ0) is 22.5. The van der Waals surface area contributed by atoms with Crippen LogP contribution in [-0.2, 0) is 24.3 Å². The molecule has 3 rings (SSSR count). The molecule has 2 heterocycles. The SMILES string of the molecule is COC(=O)c1sccc1OCc1c(C)nc(CC(C)C)c(CN)c1-c1ccc(C)cc1. The average molecular weight is 439 g/mol. The summed E-state index contributed by atoms with van der Waals surface area (Å²) >= 11 is 1.31. The number of benzene rings is 1. The van der Waals surface area contributed by atoms with Gasteiger partial charge in [-0.25, -0.2) is 4.79 Å². The number of carbonyl (C=O) groups is 1. The van der Waals surface area contributed by atoms with E-state index in [4.69, 9.17) is 20.2 Å². The zero-order valence-electron chi connectivity index (χ0n) is 18.8. The molecule has 0 fully saturated rings. The highest BCUT2D eigenvalue weighted by Crippen LogP contribution is 2.34. The Labute approximate surface area is 188 Å². The first kappa shape index (κ1) is 23.0. The predicted octanol–water partition coefficient (Wildman–Crippen LogP) is 5.45. The third-order valence-corrected chi connectivity index (χ3v) is 6.08. The lowest BCUT2D eigenvalue weighted by molar-refractivity contribution is 0.0601. The first-order chi connectivity index (χ1) is 14.8. The van der Waals surface area contributed by atoms with Crippen molar-refractivity contribution in [3.05, 3.63) is 68.7 Å². The van der Waals surface area contributed by atoms with Gasteiger partial charge in [-0.1, -0.05) is 43.7 Å². The van der Waals surface area contributed by atoms with Crippen LogP contribution in [-0.4, -0.2) is 18.1 Å². The van der Waals surface area contributed by atoms with Crippen molar-refractivity contribution in [1.29, 1.82) is 0 Å². The lowest BCUT2D eigenvalue weighted by atomic mass is 9.90. The van der Waals surface area contributed by atoms with Crippen LogP contribution in [0, 0.1) is 19.8 Å². The Morgan fingerprint density at radius 3 is 2.45 bits per heavy atom. The Hall–Kier alpha value is -2.70. The van der Waals surface area contributed by atoms with Crippen LogP contribution in [0.1, 0.15) is 51.6 Å².